The molecule has 5 nitrogen and oxygen atoms in total. The maximum absolute atomic E-state index is 10.6. The van der Waals surface area contributed by atoms with Crippen LogP contribution in [0.3, 0.4) is 0 Å². The van der Waals surface area contributed by atoms with Gasteiger partial charge < -0.3 is 15.5 Å². The summed E-state index contributed by atoms with van der Waals surface area (Å²) in [6, 6.07) is 0. The van der Waals surface area contributed by atoms with Gasteiger partial charge in [-0.15, -0.1) is 0 Å². The van der Waals surface area contributed by atoms with Gasteiger partial charge >= 0.3 is 35.7 Å². The maximum atomic E-state index is 10.6. The number of hydrogen-bond donors (Lipinski definition) is 3. The van der Waals surface area contributed by atoms with Crippen molar-refractivity contribution in [2.75, 3.05) is 6.54 Å². The Morgan fingerprint density at radius 3 is 2.31 bits per heavy atom. The van der Waals surface area contributed by atoms with Gasteiger partial charge in [-0.05, 0) is 12.8 Å². The van der Waals surface area contributed by atoms with Crippen molar-refractivity contribution in [2.45, 2.75) is 25.7 Å². The number of nitrogens with one attached hydrogen (secondary N) is 1. The average Bonchev–Trinajstić information content (AvgIpc) is 2.14. The predicted molar refractivity (Wildman–Crippen MR) is 49.3 cm³/mol. The first kappa shape index (κ1) is 15.2. The van der Waals surface area contributed by atoms with E-state index >= 15 is 0 Å². The summed E-state index contributed by atoms with van der Waals surface area (Å²) < 4.78 is 0. The van der Waals surface area contributed by atoms with E-state index in [4.69, 9.17) is 15.0 Å². The molecule has 1 fully saturated rings. The fraction of sp³-hybridized carbons (Fsp3) is 0.714. The van der Waals surface area contributed by atoms with Crippen LogP contribution in [0.4, 0.5) is 4.79 Å². The first-order chi connectivity index (χ1) is 5.63. The normalized spacial score (nSPS) is 15.2. The van der Waals surface area contributed by atoms with E-state index < -0.39 is 6.16 Å². The molecule has 72 valence electrons. The van der Waals surface area contributed by atoms with E-state index in [0.29, 0.717) is 0 Å². The number of rotatable bonds is 0. The summed E-state index contributed by atoms with van der Waals surface area (Å²) in [5.41, 5.74) is 0. The van der Waals surface area contributed by atoms with Crippen molar-refractivity contribution in [1.29, 1.82) is 0 Å². The molecule has 0 spiro atoms. The Morgan fingerprint density at radius 1 is 1.23 bits per heavy atom. The third-order valence-electron chi connectivity index (χ3n) is 1.40. The van der Waals surface area contributed by atoms with Crippen molar-refractivity contribution >= 4 is 41.6 Å². The molecule has 1 amide bonds. The molecule has 6 heteroatoms. The Morgan fingerprint density at radius 2 is 1.77 bits per heavy atom. The van der Waals surface area contributed by atoms with Crippen LogP contribution in [0.1, 0.15) is 25.7 Å². The summed E-state index contributed by atoms with van der Waals surface area (Å²) in [5, 5.41) is 16.8. The molecule has 0 atom stereocenters. The molecule has 1 heterocycles. The number of amides is 1. The first-order valence-electron chi connectivity index (χ1n) is 3.81. The van der Waals surface area contributed by atoms with Gasteiger partial charge in [0.25, 0.3) is 0 Å². The zero-order chi connectivity index (χ0) is 9.40. The molecule has 1 rings (SSSR count). The second-order valence-electron chi connectivity index (χ2n) is 2.44. The van der Waals surface area contributed by atoms with Gasteiger partial charge in [0.1, 0.15) is 0 Å². The van der Waals surface area contributed by atoms with E-state index in [9.17, 15) is 4.79 Å². The van der Waals surface area contributed by atoms with Crippen molar-refractivity contribution < 1.29 is 19.8 Å². The second-order valence-corrected chi connectivity index (χ2v) is 2.44. The molecule has 0 radical (unpaired) electrons. The molecule has 3 N–H and O–H groups in total. The van der Waals surface area contributed by atoms with Crippen molar-refractivity contribution in [2.24, 2.45) is 0 Å². The number of carbonyl (C=O) groups excluding carboxylic acids is 1. The van der Waals surface area contributed by atoms with E-state index in [2.05, 4.69) is 5.32 Å². The number of hydrogen-bond acceptors (Lipinski definition) is 2. The van der Waals surface area contributed by atoms with E-state index in [-0.39, 0.29) is 35.5 Å². The molecular formula is C7H14NNaO4. The van der Waals surface area contributed by atoms with Crippen molar-refractivity contribution in [3.05, 3.63) is 0 Å². The van der Waals surface area contributed by atoms with Crippen LogP contribution in [0.5, 0.6) is 0 Å². The van der Waals surface area contributed by atoms with Crippen molar-refractivity contribution in [3.8, 4) is 0 Å². The van der Waals surface area contributed by atoms with Crippen LogP contribution >= 0.6 is 0 Å². The zero-order valence-electron chi connectivity index (χ0n) is 6.75. The Bertz CT molecular complexity index is 149. The monoisotopic (exact) mass is 199 g/mol. The summed E-state index contributed by atoms with van der Waals surface area (Å²) in [5.74, 6) is 0.225. The standard InChI is InChI=1S/C6H11NO.CH2O3.Na.H/c8-6-4-2-1-3-5-7-6;2-1(3)4;;/h1-5H2,(H,7,8);(H2,2,3,4);;. The third kappa shape index (κ3) is 14.6. The van der Waals surface area contributed by atoms with Gasteiger partial charge in [0, 0.05) is 13.0 Å². The molecular weight excluding hydrogens is 185 g/mol. The molecule has 1 saturated heterocycles. The minimum absolute atomic E-state index is 0. The summed E-state index contributed by atoms with van der Waals surface area (Å²) in [4.78, 5) is 19.1. The van der Waals surface area contributed by atoms with Crippen LogP contribution in [-0.2, 0) is 4.79 Å². The third-order valence-corrected chi connectivity index (χ3v) is 1.40. The van der Waals surface area contributed by atoms with Gasteiger partial charge in [0.15, 0.2) is 0 Å². The van der Waals surface area contributed by atoms with Crippen LogP contribution in [0.25, 0.3) is 0 Å². The van der Waals surface area contributed by atoms with Crippen LogP contribution in [0, 0.1) is 0 Å². The summed E-state index contributed by atoms with van der Waals surface area (Å²) in [6.07, 6.45) is 2.34. The first-order valence-corrected chi connectivity index (χ1v) is 3.81. The Kier molecular flexibility index (Phi) is 11.5. The van der Waals surface area contributed by atoms with Gasteiger partial charge in [-0.3, -0.25) is 4.79 Å². The average molecular weight is 199 g/mol. The molecule has 0 aromatic rings. The number of carbonyl (C=O) groups is 2. The SMILES string of the molecule is O=C(O)O.O=C1CCCCCN1.[NaH]. The summed E-state index contributed by atoms with van der Waals surface area (Å²) in [6.45, 7) is 0.888. The minimum atomic E-state index is -1.83. The van der Waals surface area contributed by atoms with Gasteiger partial charge in [0.2, 0.25) is 5.91 Å². The molecule has 0 aromatic heterocycles. The van der Waals surface area contributed by atoms with Crippen molar-refractivity contribution in [1.82, 2.24) is 5.32 Å². The summed E-state index contributed by atoms with van der Waals surface area (Å²) >= 11 is 0. The van der Waals surface area contributed by atoms with Crippen LogP contribution in [0.15, 0.2) is 0 Å². The second kappa shape index (κ2) is 9.83. The van der Waals surface area contributed by atoms with E-state index in [1.54, 1.807) is 0 Å². The van der Waals surface area contributed by atoms with Crippen molar-refractivity contribution in [3.63, 3.8) is 0 Å². The molecule has 0 aromatic carbocycles. The molecule has 0 unspecified atom stereocenters. The quantitative estimate of drug-likeness (QED) is 0.488. The zero-order valence-corrected chi connectivity index (χ0v) is 6.75. The molecule has 0 saturated carbocycles. The van der Waals surface area contributed by atoms with Gasteiger partial charge in [-0.2, -0.15) is 0 Å². The summed E-state index contributed by atoms with van der Waals surface area (Å²) in [7, 11) is 0. The molecule has 1 aliphatic rings. The van der Waals surface area contributed by atoms with Crippen LogP contribution in [-0.4, -0.2) is 58.4 Å². The topological polar surface area (TPSA) is 86.6 Å². The number of carboxylic acid groups (broad SMARTS) is 2. The fourth-order valence-corrected chi connectivity index (χ4v) is 0.904. The molecule has 1 aliphatic heterocycles. The molecule has 13 heavy (non-hydrogen) atoms. The predicted octanol–water partition coefficient (Wildman–Crippen LogP) is 0.251. The van der Waals surface area contributed by atoms with E-state index in [1.807, 2.05) is 0 Å². The Labute approximate surface area is 98.8 Å². The van der Waals surface area contributed by atoms with E-state index in [0.717, 1.165) is 25.8 Å². The Balaban J connectivity index is 0. The molecule has 0 aliphatic carbocycles. The van der Waals surface area contributed by atoms with E-state index in [1.165, 1.54) is 6.42 Å². The van der Waals surface area contributed by atoms with Crippen LogP contribution in [0.2, 0.25) is 0 Å². The van der Waals surface area contributed by atoms with Gasteiger partial charge in [-0.25, -0.2) is 4.79 Å². The Hall–Kier alpha value is -0.260. The van der Waals surface area contributed by atoms with Gasteiger partial charge in [0.05, 0.1) is 0 Å². The molecule has 0 bridgehead atoms. The van der Waals surface area contributed by atoms with Gasteiger partial charge in [-0.1, -0.05) is 6.42 Å². The van der Waals surface area contributed by atoms with Crippen LogP contribution < -0.4 is 5.32 Å². The fourth-order valence-electron chi connectivity index (χ4n) is 0.904.